The first-order valence-corrected chi connectivity index (χ1v) is 6.07. The standard InChI is InChI=1S/C20H8O3/c1-3-4-5-6-7-8-9-10-11-12-13-17-16-18(20(22)23-2)14-15-19(17)21/h1,14-16,21H,2H3/i14+1,15+1,16+1,18+1,19+1. The summed E-state index contributed by atoms with van der Waals surface area (Å²) in [7, 11) is 1.27. The first-order valence-electron chi connectivity index (χ1n) is 6.07. The smallest absolute Gasteiger partial charge is 0.337 e. The highest BCUT2D eigenvalue weighted by Crippen LogP contribution is 2.17. The molecule has 0 saturated heterocycles. The minimum Gasteiger partial charge on any atom is -0.507 e. The fourth-order valence-corrected chi connectivity index (χ4v) is 1.23. The highest BCUT2D eigenvalue weighted by molar-refractivity contribution is 5.90. The van der Waals surface area contributed by atoms with Crippen molar-refractivity contribution in [1.29, 1.82) is 0 Å². The lowest BCUT2D eigenvalue weighted by molar-refractivity contribution is 0.0600. The van der Waals surface area contributed by atoms with Gasteiger partial charge in [-0.3, -0.25) is 0 Å². The number of methoxy groups -OCH3 is 1. The van der Waals surface area contributed by atoms with Crippen molar-refractivity contribution in [3.63, 3.8) is 0 Å². The van der Waals surface area contributed by atoms with Gasteiger partial charge in [0, 0.05) is 0 Å². The van der Waals surface area contributed by atoms with Gasteiger partial charge in [-0.25, -0.2) is 4.79 Å². The zero-order chi connectivity index (χ0) is 16.9. The van der Waals surface area contributed by atoms with Crippen LogP contribution in [-0.4, -0.2) is 18.2 Å². The summed E-state index contributed by atoms with van der Waals surface area (Å²) < 4.78 is 4.59. The molecule has 0 spiro atoms. The molecule has 0 aliphatic rings. The Bertz CT molecular complexity index is 964. The number of esters is 1. The van der Waals surface area contributed by atoms with Crippen molar-refractivity contribution < 1.29 is 14.6 Å². The summed E-state index contributed by atoms with van der Waals surface area (Å²) in [6.45, 7) is 0. The summed E-state index contributed by atoms with van der Waals surface area (Å²) in [5, 5.41) is 9.66. The zero-order valence-electron chi connectivity index (χ0n) is 12.1. The van der Waals surface area contributed by atoms with E-state index in [1.54, 1.807) is 0 Å². The molecule has 0 bridgehead atoms. The molecule has 0 aliphatic heterocycles. The predicted molar refractivity (Wildman–Crippen MR) is 86.3 cm³/mol. The minimum atomic E-state index is -0.517. The maximum Gasteiger partial charge on any atom is 0.337 e. The van der Waals surface area contributed by atoms with Gasteiger partial charge in [0.1, 0.15) is 5.75 Å². The predicted octanol–water partition coefficient (Wildman–Crippen LogP) is 1.18. The number of hydrogen-bond acceptors (Lipinski definition) is 3. The Hall–Kier alpha value is -4.15. The average Bonchev–Trinajstić information content (AvgIpc) is 2.57. The number of carbonyl (C=O) groups is 1. The molecule has 1 N–H and O–H groups in total. The maximum absolute atomic E-state index is 11.4. The third-order valence-electron chi connectivity index (χ3n) is 2.19. The second-order valence-electron chi connectivity index (χ2n) is 3.62. The lowest BCUT2D eigenvalue weighted by Gasteiger charge is -2.01. The van der Waals surface area contributed by atoms with Gasteiger partial charge >= 0.3 is 5.97 Å². The van der Waals surface area contributed by atoms with Gasteiger partial charge in [0.15, 0.2) is 0 Å². The van der Waals surface area contributed by atoms with Crippen LogP contribution in [0.1, 0.15) is 15.9 Å². The van der Waals surface area contributed by atoms with Crippen molar-refractivity contribution in [2.75, 3.05) is 7.11 Å². The van der Waals surface area contributed by atoms with Crippen molar-refractivity contribution >= 4 is 5.97 Å². The third kappa shape index (κ3) is 6.22. The summed E-state index contributed by atoms with van der Waals surface area (Å²) in [5.74, 6) is 26.1. The SMILES string of the molecule is C#CC#CC#CC#CC#CC#Cc1[13cH][13c](C(=O)OC)[13cH][13cH][13c]1O. The van der Waals surface area contributed by atoms with Gasteiger partial charge in [0.25, 0.3) is 0 Å². The molecule has 106 valence electrons. The van der Waals surface area contributed by atoms with Gasteiger partial charge in [0.2, 0.25) is 0 Å². The van der Waals surface area contributed by atoms with Crippen LogP contribution in [0, 0.1) is 71.5 Å². The second kappa shape index (κ2) is 9.71. The summed E-state index contributed by atoms with van der Waals surface area (Å²) in [5.41, 5.74) is 0.546. The Morgan fingerprint density at radius 2 is 1.57 bits per heavy atom. The summed E-state index contributed by atoms with van der Waals surface area (Å²) in [6.07, 6.45) is 4.91. The molecule has 0 fully saturated rings. The van der Waals surface area contributed by atoms with Gasteiger partial charge in [-0.15, -0.1) is 6.42 Å². The number of terminal acetylenes is 1. The molecule has 0 saturated carbocycles. The first-order chi connectivity index (χ1) is 11.2. The van der Waals surface area contributed by atoms with E-state index < -0.39 is 5.97 Å². The van der Waals surface area contributed by atoms with Crippen molar-refractivity contribution in [2.45, 2.75) is 0 Å². The molecule has 0 heterocycles. The number of aromatic hydroxyl groups is 1. The van der Waals surface area contributed by atoms with E-state index in [0.717, 1.165) is 0 Å². The molecule has 3 nitrogen and oxygen atoms in total. The van der Waals surface area contributed by atoms with E-state index in [9.17, 15) is 9.90 Å². The fourth-order valence-electron chi connectivity index (χ4n) is 1.23. The Labute approximate surface area is 135 Å². The highest BCUT2D eigenvalue weighted by Gasteiger charge is 2.07. The fraction of sp³-hybridized carbons (Fsp3) is 0.0500. The van der Waals surface area contributed by atoms with Crippen LogP contribution >= 0.6 is 0 Å². The summed E-state index contributed by atoms with van der Waals surface area (Å²) in [4.78, 5) is 11.4. The van der Waals surface area contributed by atoms with E-state index >= 15 is 0 Å². The molecule has 0 aromatic heterocycles. The van der Waals surface area contributed by atoms with E-state index in [1.807, 2.05) is 0 Å². The second-order valence-corrected chi connectivity index (χ2v) is 3.62. The van der Waals surface area contributed by atoms with Crippen molar-refractivity contribution in [3.05, 3.63) is 29.3 Å². The van der Waals surface area contributed by atoms with Gasteiger partial charge in [-0.2, -0.15) is 0 Å². The molecule has 0 radical (unpaired) electrons. The number of rotatable bonds is 1. The van der Waals surface area contributed by atoms with Crippen LogP contribution in [0.2, 0.25) is 0 Å². The van der Waals surface area contributed by atoms with Crippen LogP contribution in [0.5, 0.6) is 5.75 Å². The largest absolute Gasteiger partial charge is 0.507 e. The lowest BCUT2D eigenvalue weighted by atomic mass is 10.4. The maximum atomic E-state index is 11.4. The molecule has 1 aromatic rings. The third-order valence-corrected chi connectivity index (χ3v) is 2.19. The van der Waals surface area contributed by atoms with Crippen molar-refractivity contribution in [2.24, 2.45) is 0 Å². The number of phenols is 1. The zero-order valence-corrected chi connectivity index (χ0v) is 12.1. The van der Waals surface area contributed by atoms with Crippen molar-refractivity contribution in [1.82, 2.24) is 0 Å². The van der Waals surface area contributed by atoms with Gasteiger partial charge in [-0.05, 0) is 83.3 Å². The number of ether oxygens (including phenoxy) is 1. The molecule has 1 rings (SSSR count). The van der Waals surface area contributed by atoms with E-state index in [4.69, 9.17) is 6.42 Å². The van der Waals surface area contributed by atoms with Gasteiger partial charge < -0.3 is 9.84 Å². The van der Waals surface area contributed by atoms with Crippen LogP contribution in [0.3, 0.4) is 0 Å². The molecule has 23 heavy (non-hydrogen) atoms. The minimum absolute atomic E-state index is 0.0593. The normalized spacial score (nSPS) is 6.78. The van der Waals surface area contributed by atoms with Gasteiger partial charge in [-0.1, -0.05) is 0 Å². The van der Waals surface area contributed by atoms with E-state index in [-0.39, 0.29) is 16.9 Å². The summed E-state index contributed by atoms with van der Waals surface area (Å²) in [6, 6.07) is 4.21. The molecular weight excluding hydrogens is 293 g/mol. The Morgan fingerprint density at radius 3 is 2.13 bits per heavy atom. The molecule has 0 atom stereocenters. The highest BCUT2D eigenvalue weighted by atomic mass is 16.5. The summed E-state index contributed by atoms with van der Waals surface area (Å²) >= 11 is 0. The molecule has 0 amide bonds. The lowest BCUT2D eigenvalue weighted by Crippen LogP contribution is -2.01. The van der Waals surface area contributed by atoms with Crippen LogP contribution in [0.25, 0.3) is 0 Å². The van der Waals surface area contributed by atoms with Crippen molar-refractivity contribution in [3.8, 4) is 77.3 Å². The molecule has 1 aromatic carbocycles. The molecule has 3 heteroatoms. The van der Waals surface area contributed by atoms with Crippen LogP contribution in [0.15, 0.2) is 18.2 Å². The van der Waals surface area contributed by atoms with E-state index in [1.165, 1.54) is 25.3 Å². The monoisotopic (exact) mass is 301 g/mol. The molecule has 0 aliphatic carbocycles. The van der Waals surface area contributed by atoms with Crippen LogP contribution < -0.4 is 0 Å². The molecule has 0 unspecified atom stereocenters. The number of carbonyl (C=O) groups excluding carboxylic acids is 1. The van der Waals surface area contributed by atoms with E-state index in [2.05, 4.69) is 69.9 Å². The number of hydrogen-bond donors (Lipinski definition) is 1. The number of phenolic OH excluding ortho intramolecular Hbond substituents is 1. The number of benzene rings is 1. The van der Waals surface area contributed by atoms with Gasteiger partial charge in [0.05, 0.1) is 18.2 Å². The Kier molecular flexibility index (Phi) is 7.13. The van der Waals surface area contributed by atoms with E-state index in [0.29, 0.717) is 0 Å². The van der Waals surface area contributed by atoms with Crippen LogP contribution in [0.4, 0.5) is 0 Å². The Balaban J connectivity index is 2.84. The first kappa shape index (κ1) is 16.9. The molecular formula is C20H8O3. The quantitative estimate of drug-likeness (QED) is 0.626. The average molecular weight is 301 g/mol. The topological polar surface area (TPSA) is 46.5 Å². The Morgan fingerprint density at radius 1 is 1.00 bits per heavy atom. The van der Waals surface area contributed by atoms with Crippen LogP contribution in [-0.2, 0) is 4.74 Å².